The van der Waals surface area contributed by atoms with Crippen LogP contribution >= 0.6 is 0 Å². The van der Waals surface area contributed by atoms with E-state index in [4.69, 9.17) is 11.5 Å². The predicted molar refractivity (Wildman–Crippen MR) is 72.9 cm³/mol. The lowest BCUT2D eigenvalue weighted by Crippen LogP contribution is -2.46. The van der Waals surface area contributed by atoms with Crippen molar-refractivity contribution >= 4 is 5.91 Å². The van der Waals surface area contributed by atoms with Crippen molar-refractivity contribution in [1.29, 1.82) is 0 Å². The summed E-state index contributed by atoms with van der Waals surface area (Å²) in [6.07, 6.45) is 5.70. The average molecular weight is 253 g/mol. The minimum absolute atomic E-state index is 0.136. The Morgan fingerprint density at radius 2 is 1.89 bits per heavy atom. The number of rotatable bonds is 2. The Kier molecular flexibility index (Phi) is 3.97. The largest absolute Gasteiger partial charge is 0.341 e. The Labute approximate surface area is 110 Å². The molecule has 1 heterocycles. The van der Waals surface area contributed by atoms with Gasteiger partial charge in [0.1, 0.15) is 0 Å². The molecular weight excluding hydrogens is 226 g/mol. The van der Waals surface area contributed by atoms with Crippen molar-refractivity contribution in [3.8, 4) is 0 Å². The SMILES string of the molecule is CC(C)[C@@H](N)C(=O)N1CCC2(CCC(N)CC2)C1. The third kappa shape index (κ3) is 2.69. The van der Waals surface area contributed by atoms with E-state index in [1.165, 1.54) is 12.8 Å². The molecule has 1 spiro atoms. The van der Waals surface area contributed by atoms with Crippen LogP contribution in [0.1, 0.15) is 46.0 Å². The number of nitrogens with zero attached hydrogens (tertiary/aromatic N) is 1. The van der Waals surface area contributed by atoms with Gasteiger partial charge in [-0.05, 0) is 43.4 Å². The zero-order chi connectivity index (χ0) is 13.3. The van der Waals surface area contributed by atoms with Crippen LogP contribution in [-0.4, -0.2) is 36.0 Å². The van der Waals surface area contributed by atoms with Crippen LogP contribution in [0.25, 0.3) is 0 Å². The van der Waals surface area contributed by atoms with Crippen molar-refractivity contribution in [2.45, 2.75) is 58.0 Å². The molecule has 104 valence electrons. The molecule has 0 radical (unpaired) electrons. The first-order chi connectivity index (χ1) is 8.43. The Bertz CT molecular complexity index is 308. The van der Waals surface area contributed by atoms with Crippen LogP contribution in [0.4, 0.5) is 0 Å². The van der Waals surface area contributed by atoms with Gasteiger partial charge in [0.15, 0.2) is 0 Å². The molecule has 4 heteroatoms. The summed E-state index contributed by atoms with van der Waals surface area (Å²) < 4.78 is 0. The van der Waals surface area contributed by atoms with E-state index in [0.29, 0.717) is 11.5 Å². The van der Waals surface area contributed by atoms with Crippen LogP contribution in [-0.2, 0) is 4.79 Å². The van der Waals surface area contributed by atoms with Gasteiger partial charge in [0, 0.05) is 19.1 Å². The van der Waals surface area contributed by atoms with Gasteiger partial charge in [-0.15, -0.1) is 0 Å². The van der Waals surface area contributed by atoms with Gasteiger partial charge >= 0.3 is 0 Å². The fraction of sp³-hybridized carbons (Fsp3) is 0.929. The van der Waals surface area contributed by atoms with E-state index in [1.807, 2.05) is 18.7 Å². The normalized spacial score (nSPS) is 34.3. The lowest BCUT2D eigenvalue weighted by Gasteiger charge is -2.36. The molecule has 1 saturated heterocycles. The molecule has 18 heavy (non-hydrogen) atoms. The van der Waals surface area contributed by atoms with E-state index >= 15 is 0 Å². The summed E-state index contributed by atoms with van der Waals surface area (Å²) in [5.74, 6) is 0.352. The molecule has 2 aliphatic rings. The molecule has 1 amide bonds. The molecule has 0 aromatic carbocycles. The van der Waals surface area contributed by atoms with Crippen LogP contribution in [0.3, 0.4) is 0 Å². The minimum Gasteiger partial charge on any atom is -0.341 e. The maximum absolute atomic E-state index is 12.3. The van der Waals surface area contributed by atoms with Crippen molar-refractivity contribution in [3.63, 3.8) is 0 Å². The Morgan fingerprint density at radius 1 is 1.28 bits per heavy atom. The van der Waals surface area contributed by atoms with Crippen molar-refractivity contribution < 1.29 is 4.79 Å². The third-order valence-electron chi connectivity index (χ3n) is 4.84. The number of carbonyl (C=O) groups excluding carboxylic acids is 1. The number of hydrogen-bond donors (Lipinski definition) is 2. The zero-order valence-electron chi connectivity index (χ0n) is 11.7. The summed E-state index contributed by atoms with van der Waals surface area (Å²) in [6, 6.07) is 0.0318. The molecular formula is C14H27N3O. The third-order valence-corrected chi connectivity index (χ3v) is 4.84. The number of nitrogens with two attached hydrogens (primary N) is 2. The molecule has 1 aliphatic carbocycles. The molecule has 0 bridgehead atoms. The fourth-order valence-corrected chi connectivity index (χ4v) is 3.28. The highest BCUT2D eigenvalue weighted by Crippen LogP contribution is 2.43. The van der Waals surface area contributed by atoms with Crippen LogP contribution in [0.15, 0.2) is 0 Å². The molecule has 2 rings (SSSR count). The number of hydrogen-bond acceptors (Lipinski definition) is 3. The summed E-state index contributed by atoms with van der Waals surface area (Å²) in [7, 11) is 0. The first-order valence-electron chi connectivity index (χ1n) is 7.23. The maximum atomic E-state index is 12.3. The van der Waals surface area contributed by atoms with Gasteiger partial charge in [-0.2, -0.15) is 0 Å². The Morgan fingerprint density at radius 3 is 2.44 bits per heavy atom. The second-order valence-electron chi connectivity index (χ2n) is 6.62. The second kappa shape index (κ2) is 5.17. The highest BCUT2D eigenvalue weighted by atomic mass is 16.2. The number of amides is 1. The van der Waals surface area contributed by atoms with Gasteiger partial charge in [0.05, 0.1) is 6.04 Å². The quantitative estimate of drug-likeness (QED) is 0.774. The van der Waals surface area contributed by atoms with E-state index < -0.39 is 0 Å². The topological polar surface area (TPSA) is 72.4 Å². The van der Waals surface area contributed by atoms with Crippen molar-refractivity contribution in [2.75, 3.05) is 13.1 Å². The first kappa shape index (κ1) is 13.8. The highest BCUT2D eigenvalue weighted by molar-refractivity contribution is 5.82. The molecule has 1 aliphatic heterocycles. The highest BCUT2D eigenvalue weighted by Gasteiger charge is 2.42. The molecule has 0 aromatic heterocycles. The van der Waals surface area contributed by atoms with Gasteiger partial charge in [-0.25, -0.2) is 0 Å². The van der Waals surface area contributed by atoms with Crippen LogP contribution in [0, 0.1) is 11.3 Å². The average Bonchev–Trinajstić information content (AvgIpc) is 2.76. The Hall–Kier alpha value is -0.610. The smallest absolute Gasteiger partial charge is 0.239 e. The fourth-order valence-electron chi connectivity index (χ4n) is 3.28. The number of carbonyl (C=O) groups is 1. The van der Waals surface area contributed by atoms with E-state index in [-0.39, 0.29) is 17.9 Å². The molecule has 1 atom stereocenters. The van der Waals surface area contributed by atoms with Crippen LogP contribution in [0.5, 0.6) is 0 Å². The Balaban J connectivity index is 1.94. The van der Waals surface area contributed by atoms with Gasteiger partial charge in [-0.3, -0.25) is 4.79 Å². The standard InChI is InChI=1S/C14H27N3O/c1-10(2)12(16)13(18)17-8-7-14(9-17)5-3-11(15)4-6-14/h10-12H,3-9,15-16H2,1-2H3/t11?,12-,14?/m1/s1. The number of likely N-dealkylation sites (tertiary alicyclic amines) is 1. The van der Waals surface area contributed by atoms with Crippen molar-refractivity contribution in [2.24, 2.45) is 22.8 Å². The maximum Gasteiger partial charge on any atom is 0.239 e. The minimum atomic E-state index is -0.342. The summed E-state index contributed by atoms with van der Waals surface area (Å²) >= 11 is 0. The van der Waals surface area contributed by atoms with E-state index in [9.17, 15) is 4.79 Å². The van der Waals surface area contributed by atoms with Crippen LogP contribution in [0.2, 0.25) is 0 Å². The summed E-state index contributed by atoms with van der Waals surface area (Å²) in [5, 5.41) is 0. The lowest BCUT2D eigenvalue weighted by molar-refractivity contribution is -0.133. The molecule has 0 aromatic rings. The van der Waals surface area contributed by atoms with Gasteiger partial charge < -0.3 is 16.4 Å². The molecule has 0 unspecified atom stereocenters. The van der Waals surface area contributed by atoms with Gasteiger partial charge in [0.25, 0.3) is 0 Å². The molecule has 1 saturated carbocycles. The second-order valence-corrected chi connectivity index (χ2v) is 6.62. The van der Waals surface area contributed by atoms with E-state index in [2.05, 4.69) is 0 Å². The van der Waals surface area contributed by atoms with E-state index in [1.54, 1.807) is 0 Å². The summed E-state index contributed by atoms with van der Waals surface area (Å²) in [6.45, 7) is 5.80. The van der Waals surface area contributed by atoms with Crippen LogP contribution < -0.4 is 11.5 Å². The van der Waals surface area contributed by atoms with Gasteiger partial charge in [0.2, 0.25) is 5.91 Å². The summed E-state index contributed by atoms with van der Waals surface area (Å²) in [5.41, 5.74) is 12.3. The first-order valence-corrected chi connectivity index (χ1v) is 7.23. The zero-order valence-corrected chi connectivity index (χ0v) is 11.7. The molecule has 4 nitrogen and oxygen atoms in total. The summed E-state index contributed by atoms with van der Waals surface area (Å²) in [4.78, 5) is 14.2. The van der Waals surface area contributed by atoms with Crippen molar-refractivity contribution in [1.82, 2.24) is 4.90 Å². The molecule has 2 fully saturated rings. The van der Waals surface area contributed by atoms with E-state index in [0.717, 1.165) is 32.4 Å². The van der Waals surface area contributed by atoms with Gasteiger partial charge in [-0.1, -0.05) is 13.8 Å². The predicted octanol–water partition coefficient (Wildman–Crippen LogP) is 1.09. The van der Waals surface area contributed by atoms with Crippen molar-refractivity contribution in [3.05, 3.63) is 0 Å². The molecule has 4 N–H and O–H groups in total. The monoisotopic (exact) mass is 253 g/mol. The lowest BCUT2D eigenvalue weighted by atomic mass is 9.72.